The lowest BCUT2D eigenvalue weighted by Gasteiger charge is -2.13. The van der Waals surface area contributed by atoms with Gasteiger partial charge in [-0.1, -0.05) is 39.0 Å². The zero-order valence-corrected chi connectivity index (χ0v) is 19.5. The lowest BCUT2D eigenvalue weighted by atomic mass is 9.94. The Kier molecular flexibility index (Phi) is 7.51. The summed E-state index contributed by atoms with van der Waals surface area (Å²) >= 11 is 0. The summed E-state index contributed by atoms with van der Waals surface area (Å²) in [5.74, 6) is 3.09. The van der Waals surface area contributed by atoms with Crippen LogP contribution in [0.5, 0.6) is 0 Å². The molecule has 0 spiro atoms. The molecule has 0 aliphatic heterocycles. The van der Waals surface area contributed by atoms with Crippen molar-refractivity contribution in [1.82, 2.24) is 15.6 Å². The number of aryl methyl sites for hydroxylation is 1. The Hall–Kier alpha value is -2.03. The van der Waals surface area contributed by atoms with Crippen molar-refractivity contribution in [1.29, 1.82) is 0 Å². The number of aliphatic imine (C=N–C) groups is 1. The Balaban J connectivity index is 0.00000280. The zero-order valence-electron chi connectivity index (χ0n) is 17.1. The number of benzene rings is 1. The molecule has 2 heterocycles. The highest BCUT2D eigenvalue weighted by molar-refractivity contribution is 14.0. The van der Waals surface area contributed by atoms with E-state index in [9.17, 15) is 0 Å². The van der Waals surface area contributed by atoms with Crippen LogP contribution in [-0.2, 0) is 18.5 Å². The van der Waals surface area contributed by atoms with Gasteiger partial charge in [-0.05, 0) is 19.9 Å². The number of furan rings is 1. The highest BCUT2D eigenvalue weighted by atomic mass is 127. The van der Waals surface area contributed by atoms with Gasteiger partial charge in [0.1, 0.15) is 23.6 Å². The van der Waals surface area contributed by atoms with E-state index in [0.717, 1.165) is 34.6 Å². The molecule has 0 saturated carbocycles. The molecule has 3 rings (SSSR count). The van der Waals surface area contributed by atoms with Crippen LogP contribution in [0.4, 0.5) is 0 Å². The molecule has 2 aromatic heterocycles. The normalized spacial score (nSPS) is 12.1. The third kappa shape index (κ3) is 5.27. The number of oxazole rings is 1. The van der Waals surface area contributed by atoms with Gasteiger partial charge >= 0.3 is 0 Å². The molecule has 0 aliphatic rings. The highest BCUT2D eigenvalue weighted by Crippen LogP contribution is 2.25. The van der Waals surface area contributed by atoms with E-state index in [4.69, 9.17) is 8.83 Å². The van der Waals surface area contributed by atoms with Crippen LogP contribution in [0.3, 0.4) is 0 Å². The molecule has 0 saturated heterocycles. The quantitative estimate of drug-likeness (QED) is 0.299. The second-order valence-corrected chi connectivity index (χ2v) is 7.56. The molecule has 6 nitrogen and oxygen atoms in total. The summed E-state index contributed by atoms with van der Waals surface area (Å²) in [4.78, 5) is 8.99. The topological polar surface area (TPSA) is 75.6 Å². The second kappa shape index (κ2) is 9.45. The SMILES string of the molecule is CCNC(=NCc1oc2ccccc2c1C)NCc1ncc(C(C)(C)C)o1.I. The summed E-state index contributed by atoms with van der Waals surface area (Å²) in [6.45, 7) is 12.1. The molecule has 152 valence electrons. The van der Waals surface area contributed by atoms with E-state index in [2.05, 4.69) is 54.4 Å². The summed E-state index contributed by atoms with van der Waals surface area (Å²) in [6, 6.07) is 8.05. The minimum Gasteiger partial charge on any atom is -0.459 e. The fraction of sp³-hybridized carbons (Fsp3) is 0.429. The maximum Gasteiger partial charge on any atom is 0.213 e. The predicted octanol–water partition coefficient (Wildman–Crippen LogP) is 4.90. The Morgan fingerprint density at radius 1 is 1.14 bits per heavy atom. The van der Waals surface area contributed by atoms with Crippen LogP contribution in [0.15, 0.2) is 44.3 Å². The minimum atomic E-state index is -0.0529. The number of nitrogens with zero attached hydrogens (tertiary/aromatic N) is 2. The van der Waals surface area contributed by atoms with Crippen LogP contribution < -0.4 is 10.6 Å². The average Bonchev–Trinajstić information content (AvgIpc) is 3.23. The van der Waals surface area contributed by atoms with Crippen molar-refractivity contribution in [2.24, 2.45) is 4.99 Å². The number of rotatable bonds is 5. The van der Waals surface area contributed by atoms with Crippen molar-refractivity contribution in [2.75, 3.05) is 6.54 Å². The number of guanidine groups is 1. The molecule has 0 bridgehead atoms. The van der Waals surface area contributed by atoms with Crippen LogP contribution in [0, 0.1) is 6.92 Å². The Morgan fingerprint density at radius 2 is 1.89 bits per heavy atom. The van der Waals surface area contributed by atoms with E-state index in [0.29, 0.717) is 24.9 Å². The molecular weight excluding hydrogens is 467 g/mol. The number of hydrogen-bond donors (Lipinski definition) is 2. The van der Waals surface area contributed by atoms with Gasteiger partial charge in [-0.15, -0.1) is 24.0 Å². The largest absolute Gasteiger partial charge is 0.459 e. The molecule has 7 heteroatoms. The van der Waals surface area contributed by atoms with E-state index in [1.807, 2.05) is 25.1 Å². The van der Waals surface area contributed by atoms with Crippen LogP contribution in [0.25, 0.3) is 11.0 Å². The Labute approximate surface area is 183 Å². The van der Waals surface area contributed by atoms with Gasteiger partial charge in [0, 0.05) is 22.9 Å². The third-order valence-electron chi connectivity index (χ3n) is 4.37. The monoisotopic (exact) mass is 496 g/mol. The van der Waals surface area contributed by atoms with Gasteiger partial charge in [0.05, 0.1) is 12.7 Å². The maximum atomic E-state index is 5.94. The number of para-hydroxylation sites is 1. The van der Waals surface area contributed by atoms with Gasteiger partial charge in [0.25, 0.3) is 0 Å². The third-order valence-corrected chi connectivity index (χ3v) is 4.37. The van der Waals surface area contributed by atoms with Crippen molar-refractivity contribution >= 4 is 40.9 Å². The fourth-order valence-electron chi connectivity index (χ4n) is 2.77. The van der Waals surface area contributed by atoms with Crippen molar-refractivity contribution < 1.29 is 8.83 Å². The molecule has 2 N–H and O–H groups in total. The first-order valence-corrected chi connectivity index (χ1v) is 9.33. The molecule has 1 aromatic carbocycles. The average molecular weight is 496 g/mol. The summed E-state index contributed by atoms with van der Waals surface area (Å²) in [5, 5.41) is 7.64. The Bertz CT molecular complexity index is 937. The number of nitrogens with one attached hydrogen (secondary N) is 2. The lowest BCUT2D eigenvalue weighted by Crippen LogP contribution is -2.36. The maximum absolute atomic E-state index is 5.94. The molecule has 0 unspecified atom stereocenters. The van der Waals surface area contributed by atoms with E-state index in [1.165, 1.54) is 0 Å². The van der Waals surface area contributed by atoms with Gasteiger partial charge in [-0.3, -0.25) is 0 Å². The van der Waals surface area contributed by atoms with Gasteiger partial charge in [-0.2, -0.15) is 0 Å². The van der Waals surface area contributed by atoms with Gasteiger partial charge in [0.15, 0.2) is 5.96 Å². The smallest absolute Gasteiger partial charge is 0.213 e. The van der Waals surface area contributed by atoms with Crippen molar-refractivity contribution in [2.45, 2.75) is 53.1 Å². The predicted molar refractivity (Wildman–Crippen MR) is 123 cm³/mol. The van der Waals surface area contributed by atoms with Gasteiger partial charge < -0.3 is 19.5 Å². The summed E-state index contributed by atoms with van der Waals surface area (Å²) < 4.78 is 11.8. The summed E-state index contributed by atoms with van der Waals surface area (Å²) in [7, 11) is 0. The fourth-order valence-corrected chi connectivity index (χ4v) is 2.77. The first-order valence-electron chi connectivity index (χ1n) is 9.33. The van der Waals surface area contributed by atoms with E-state index in [1.54, 1.807) is 6.20 Å². The first-order chi connectivity index (χ1) is 12.9. The van der Waals surface area contributed by atoms with Crippen LogP contribution in [-0.4, -0.2) is 17.5 Å². The number of aromatic nitrogens is 1. The zero-order chi connectivity index (χ0) is 19.4. The summed E-state index contributed by atoms with van der Waals surface area (Å²) in [5.41, 5.74) is 1.98. The summed E-state index contributed by atoms with van der Waals surface area (Å²) in [6.07, 6.45) is 1.79. The second-order valence-electron chi connectivity index (χ2n) is 7.56. The van der Waals surface area contributed by atoms with Crippen molar-refractivity contribution in [3.05, 3.63) is 53.4 Å². The van der Waals surface area contributed by atoms with Gasteiger partial charge in [-0.25, -0.2) is 9.98 Å². The molecule has 0 radical (unpaired) electrons. The van der Waals surface area contributed by atoms with Crippen molar-refractivity contribution in [3.8, 4) is 0 Å². The van der Waals surface area contributed by atoms with E-state index < -0.39 is 0 Å². The van der Waals surface area contributed by atoms with Gasteiger partial charge in [0.2, 0.25) is 5.89 Å². The molecule has 0 atom stereocenters. The molecule has 0 aliphatic carbocycles. The number of fused-ring (bicyclic) bond motifs is 1. The van der Waals surface area contributed by atoms with E-state index >= 15 is 0 Å². The molecule has 0 amide bonds. The standard InChI is InChI=1S/C21H28N4O2.HI/c1-6-22-20(25-13-19-23-12-18(27-19)21(3,4)5)24-11-17-14(2)15-9-7-8-10-16(15)26-17;/h7-10,12H,6,11,13H2,1-5H3,(H2,22,24,25);1H. The lowest BCUT2D eigenvalue weighted by molar-refractivity contribution is 0.379. The molecule has 0 fully saturated rings. The number of halogens is 1. The van der Waals surface area contributed by atoms with Crippen LogP contribution >= 0.6 is 24.0 Å². The number of hydrogen-bond acceptors (Lipinski definition) is 4. The van der Waals surface area contributed by atoms with E-state index in [-0.39, 0.29) is 29.4 Å². The Morgan fingerprint density at radius 3 is 2.54 bits per heavy atom. The van der Waals surface area contributed by atoms with Crippen molar-refractivity contribution in [3.63, 3.8) is 0 Å². The molecule has 28 heavy (non-hydrogen) atoms. The molecule has 3 aromatic rings. The first kappa shape index (κ1) is 22.3. The van der Waals surface area contributed by atoms with Crippen LogP contribution in [0.1, 0.15) is 50.7 Å². The minimum absolute atomic E-state index is 0. The van der Waals surface area contributed by atoms with Crippen LogP contribution in [0.2, 0.25) is 0 Å². The molecular formula is C21H29IN4O2. The highest BCUT2D eigenvalue weighted by Gasteiger charge is 2.19.